The zero-order valence-electron chi connectivity index (χ0n) is 23.7. The third-order valence-corrected chi connectivity index (χ3v) is 8.71. The number of aromatic nitrogens is 2. The topological polar surface area (TPSA) is 105 Å². The molecule has 0 radical (unpaired) electrons. The molecule has 1 N–H and O–H groups in total. The van der Waals surface area contributed by atoms with Crippen LogP contribution in [0.3, 0.4) is 0 Å². The standard InChI is InChI=1S/C29H40N4O5S/c1-7-21-8-10-22(11-9-21)32(19-20(2)3)39(36,37)24-12-13-26-25(18-24)30-27(34)33(26)23-14-16-31(17-15-23)28(35)38-29(4,5)6/h8-13,18,20,23H,7,14-17,19H2,1-6H3,(H,30,34). The van der Waals surface area contributed by atoms with Gasteiger partial charge in [-0.2, -0.15) is 0 Å². The molecule has 3 aromatic rings. The van der Waals surface area contributed by atoms with Gasteiger partial charge in [0.05, 0.1) is 21.6 Å². The number of anilines is 1. The van der Waals surface area contributed by atoms with E-state index in [1.165, 1.54) is 4.31 Å². The Balaban J connectivity index is 1.60. The van der Waals surface area contributed by atoms with Crippen molar-refractivity contribution in [1.82, 2.24) is 14.5 Å². The highest BCUT2D eigenvalue weighted by Crippen LogP contribution is 2.30. The number of sulfonamides is 1. The largest absolute Gasteiger partial charge is 0.444 e. The molecule has 1 aliphatic heterocycles. The highest BCUT2D eigenvalue weighted by atomic mass is 32.2. The normalized spacial score (nSPS) is 15.2. The first-order chi connectivity index (χ1) is 18.3. The van der Waals surface area contributed by atoms with Gasteiger partial charge in [-0.15, -0.1) is 0 Å². The van der Waals surface area contributed by atoms with E-state index in [1.807, 2.05) is 58.9 Å². The summed E-state index contributed by atoms with van der Waals surface area (Å²) >= 11 is 0. The number of carbonyl (C=O) groups is 1. The number of likely N-dealkylation sites (tertiary alicyclic amines) is 1. The van der Waals surface area contributed by atoms with E-state index in [1.54, 1.807) is 27.7 Å². The lowest BCUT2D eigenvalue weighted by Crippen LogP contribution is -2.43. The summed E-state index contributed by atoms with van der Waals surface area (Å²) in [6.07, 6.45) is 1.72. The number of benzene rings is 2. The number of rotatable bonds is 7. The van der Waals surface area contributed by atoms with E-state index in [0.717, 1.165) is 12.0 Å². The van der Waals surface area contributed by atoms with E-state index < -0.39 is 15.6 Å². The summed E-state index contributed by atoms with van der Waals surface area (Å²) in [5, 5.41) is 0. The lowest BCUT2D eigenvalue weighted by atomic mass is 10.0. The van der Waals surface area contributed by atoms with Crippen LogP contribution in [0.1, 0.15) is 66.0 Å². The number of hydrogen-bond donors (Lipinski definition) is 1. The quantitative estimate of drug-likeness (QED) is 0.424. The van der Waals surface area contributed by atoms with Crippen LogP contribution >= 0.6 is 0 Å². The van der Waals surface area contributed by atoms with Crippen LogP contribution in [0, 0.1) is 5.92 Å². The van der Waals surface area contributed by atoms with Crippen molar-refractivity contribution in [2.24, 2.45) is 5.92 Å². The molecular formula is C29H40N4O5S. The number of imidazole rings is 1. The lowest BCUT2D eigenvalue weighted by Gasteiger charge is -2.33. The zero-order valence-corrected chi connectivity index (χ0v) is 24.5. The van der Waals surface area contributed by atoms with Crippen molar-refractivity contribution in [3.63, 3.8) is 0 Å². The van der Waals surface area contributed by atoms with Gasteiger partial charge in [-0.1, -0.05) is 32.9 Å². The Labute approximate surface area is 230 Å². The van der Waals surface area contributed by atoms with Crippen molar-refractivity contribution in [2.45, 2.75) is 77.3 Å². The van der Waals surface area contributed by atoms with Crippen LogP contribution < -0.4 is 9.99 Å². The number of amides is 1. The molecule has 10 heteroatoms. The van der Waals surface area contributed by atoms with Crippen LogP contribution in [0.4, 0.5) is 10.5 Å². The van der Waals surface area contributed by atoms with Gasteiger partial charge in [0.25, 0.3) is 10.0 Å². The first kappa shape index (κ1) is 28.7. The molecule has 2 aromatic carbocycles. The third kappa shape index (κ3) is 6.32. The van der Waals surface area contributed by atoms with E-state index in [4.69, 9.17) is 4.74 Å². The minimum atomic E-state index is -3.88. The molecular weight excluding hydrogens is 516 g/mol. The monoisotopic (exact) mass is 556 g/mol. The highest BCUT2D eigenvalue weighted by Gasteiger charge is 2.30. The second kappa shape index (κ2) is 11.1. The van der Waals surface area contributed by atoms with E-state index in [0.29, 0.717) is 49.2 Å². The van der Waals surface area contributed by atoms with Gasteiger partial charge in [0.15, 0.2) is 0 Å². The van der Waals surface area contributed by atoms with Crippen molar-refractivity contribution in [2.75, 3.05) is 23.9 Å². The summed E-state index contributed by atoms with van der Waals surface area (Å²) < 4.78 is 36.3. The molecule has 1 fully saturated rings. The summed E-state index contributed by atoms with van der Waals surface area (Å²) in [5.74, 6) is 0.113. The van der Waals surface area contributed by atoms with Gasteiger partial charge >= 0.3 is 11.8 Å². The molecule has 1 aromatic heterocycles. The molecule has 1 aliphatic rings. The highest BCUT2D eigenvalue weighted by molar-refractivity contribution is 7.92. The Morgan fingerprint density at radius 2 is 1.74 bits per heavy atom. The third-order valence-electron chi connectivity index (χ3n) is 6.92. The molecule has 0 unspecified atom stereocenters. The molecule has 212 valence electrons. The van der Waals surface area contributed by atoms with Crippen LogP contribution in [0.15, 0.2) is 52.2 Å². The second-order valence-corrected chi connectivity index (χ2v) is 13.5. The van der Waals surface area contributed by atoms with Crippen molar-refractivity contribution in [3.8, 4) is 0 Å². The SMILES string of the molecule is CCc1ccc(N(CC(C)C)S(=O)(=O)c2ccc3c(c2)[nH]c(=O)n3C2CCN(C(=O)OC(C)(C)C)CC2)cc1. The number of nitrogens with zero attached hydrogens (tertiary/aromatic N) is 3. The fourth-order valence-corrected chi connectivity index (χ4v) is 6.62. The Bertz CT molecular complexity index is 1470. The predicted molar refractivity (Wildman–Crippen MR) is 154 cm³/mol. The molecule has 1 amide bonds. The van der Waals surface area contributed by atoms with Crippen LogP contribution in [0.5, 0.6) is 0 Å². The molecule has 0 saturated carbocycles. The average molecular weight is 557 g/mol. The number of carbonyl (C=O) groups excluding carboxylic acids is 1. The van der Waals surface area contributed by atoms with Crippen LogP contribution in [-0.2, 0) is 21.2 Å². The summed E-state index contributed by atoms with van der Waals surface area (Å²) in [6, 6.07) is 12.3. The molecule has 0 spiro atoms. The summed E-state index contributed by atoms with van der Waals surface area (Å²) in [6.45, 7) is 12.8. The second-order valence-electron chi connectivity index (χ2n) is 11.6. The molecule has 39 heavy (non-hydrogen) atoms. The summed E-state index contributed by atoms with van der Waals surface area (Å²) in [5.41, 5.74) is 2.02. The van der Waals surface area contributed by atoms with Gasteiger partial charge in [0, 0.05) is 25.7 Å². The maximum absolute atomic E-state index is 13.8. The van der Waals surface area contributed by atoms with Gasteiger partial charge in [-0.05, 0) is 81.8 Å². The van der Waals surface area contributed by atoms with E-state index in [-0.39, 0.29) is 28.6 Å². The maximum Gasteiger partial charge on any atom is 0.410 e. The van der Waals surface area contributed by atoms with Crippen LogP contribution in [-0.4, -0.2) is 54.2 Å². The molecule has 4 rings (SSSR count). The Kier molecular flexibility index (Phi) is 8.16. The number of aromatic amines is 1. The minimum absolute atomic E-state index is 0.109. The Hall–Kier alpha value is -3.27. The number of aryl methyl sites for hydroxylation is 1. The molecule has 0 aliphatic carbocycles. The van der Waals surface area contributed by atoms with Gasteiger partial charge in [-0.3, -0.25) is 8.87 Å². The zero-order chi connectivity index (χ0) is 28.5. The van der Waals surface area contributed by atoms with E-state index >= 15 is 0 Å². The maximum atomic E-state index is 13.8. The number of piperidine rings is 1. The van der Waals surface area contributed by atoms with Crippen molar-refractivity contribution in [1.29, 1.82) is 0 Å². The number of H-pyrrole nitrogens is 1. The fraction of sp³-hybridized carbons (Fsp3) is 0.517. The van der Waals surface area contributed by atoms with Gasteiger partial charge in [0.2, 0.25) is 0 Å². The van der Waals surface area contributed by atoms with Gasteiger partial charge in [-0.25, -0.2) is 18.0 Å². The molecule has 2 heterocycles. The van der Waals surface area contributed by atoms with Gasteiger partial charge in [0.1, 0.15) is 5.60 Å². The minimum Gasteiger partial charge on any atom is -0.444 e. The Morgan fingerprint density at radius 1 is 1.10 bits per heavy atom. The summed E-state index contributed by atoms with van der Waals surface area (Å²) in [7, 11) is -3.88. The van der Waals surface area contributed by atoms with Crippen LogP contribution in [0.25, 0.3) is 11.0 Å². The van der Waals surface area contributed by atoms with Crippen molar-refractivity contribution >= 4 is 32.8 Å². The van der Waals surface area contributed by atoms with Crippen LogP contribution in [0.2, 0.25) is 0 Å². The Morgan fingerprint density at radius 3 is 2.31 bits per heavy atom. The summed E-state index contributed by atoms with van der Waals surface area (Å²) in [4.78, 5) is 30.1. The number of fused-ring (bicyclic) bond motifs is 1. The molecule has 9 nitrogen and oxygen atoms in total. The van der Waals surface area contributed by atoms with E-state index in [9.17, 15) is 18.0 Å². The number of ether oxygens (including phenoxy) is 1. The van der Waals surface area contributed by atoms with Gasteiger partial charge < -0.3 is 14.6 Å². The first-order valence-electron chi connectivity index (χ1n) is 13.6. The first-order valence-corrected chi connectivity index (χ1v) is 15.1. The van der Waals surface area contributed by atoms with Crippen molar-refractivity contribution in [3.05, 3.63) is 58.5 Å². The smallest absolute Gasteiger partial charge is 0.410 e. The molecule has 0 atom stereocenters. The number of nitrogens with one attached hydrogen (secondary N) is 1. The fourth-order valence-electron chi connectivity index (χ4n) is 4.97. The lowest BCUT2D eigenvalue weighted by molar-refractivity contribution is 0.0189. The predicted octanol–water partition coefficient (Wildman–Crippen LogP) is 5.32. The molecule has 1 saturated heterocycles. The molecule has 0 bridgehead atoms. The number of hydrogen-bond acceptors (Lipinski definition) is 5. The van der Waals surface area contributed by atoms with Crippen molar-refractivity contribution < 1.29 is 17.9 Å². The van der Waals surface area contributed by atoms with E-state index in [2.05, 4.69) is 11.9 Å². The average Bonchev–Trinajstić information content (AvgIpc) is 3.21.